The van der Waals surface area contributed by atoms with Crippen LogP contribution in [0.4, 0.5) is 5.82 Å². The zero-order valence-electron chi connectivity index (χ0n) is 11.0. The molecule has 0 fully saturated rings. The fourth-order valence-electron chi connectivity index (χ4n) is 1.68. The summed E-state index contributed by atoms with van der Waals surface area (Å²) in [6.07, 6.45) is 0. The van der Waals surface area contributed by atoms with E-state index in [0.717, 1.165) is 36.7 Å². The Morgan fingerprint density at radius 3 is 2.63 bits per heavy atom. The Hall–Kier alpha value is -0.400. The maximum atomic E-state index is 5.99. The number of aromatic nitrogens is 2. The molecule has 2 heterocycles. The quantitative estimate of drug-likeness (QED) is 0.723. The molecule has 6 heteroatoms. The van der Waals surface area contributed by atoms with Crippen molar-refractivity contribution in [1.29, 1.82) is 0 Å². The lowest BCUT2D eigenvalue weighted by Crippen LogP contribution is -2.08. The number of hydrogen-bond donors (Lipinski definition) is 1. The highest BCUT2D eigenvalue weighted by Gasteiger charge is 2.16. The summed E-state index contributed by atoms with van der Waals surface area (Å²) in [6.45, 7) is 7.20. The maximum absolute atomic E-state index is 5.99. The summed E-state index contributed by atoms with van der Waals surface area (Å²) in [4.78, 5) is 10.3. The molecule has 1 N–H and O–H groups in total. The van der Waals surface area contributed by atoms with Crippen molar-refractivity contribution in [1.82, 2.24) is 9.97 Å². The first kappa shape index (κ1) is 15.0. The maximum Gasteiger partial charge on any atom is 0.171 e. The number of rotatable bonds is 4. The molecule has 0 radical (unpaired) electrons. The van der Waals surface area contributed by atoms with E-state index in [1.165, 1.54) is 11.3 Å². The van der Waals surface area contributed by atoms with Gasteiger partial charge in [-0.1, -0.05) is 25.4 Å². The first-order chi connectivity index (χ1) is 9.02. The van der Waals surface area contributed by atoms with Crippen LogP contribution in [0.25, 0.3) is 10.7 Å². The Morgan fingerprint density at radius 1 is 1.37 bits per heavy atom. The predicted molar refractivity (Wildman–Crippen MR) is 91.3 cm³/mol. The molecule has 0 aliphatic rings. The minimum Gasteiger partial charge on any atom is -0.369 e. The second-order valence-electron chi connectivity index (χ2n) is 4.38. The highest BCUT2D eigenvalue weighted by Crippen LogP contribution is 2.32. The minimum absolute atomic E-state index is 0.362. The molecule has 2 aromatic rings. The number of halogens is 2. The zero-order valence-corrected chi connectivity index (χ0v) is 14.7. The van der Waals surface area contributed by atoms with E-state index in [4.69, 9.17) is 16.6 Å². The number of nitrogens with one attached hydrogen (secondary N) is 1. The van der Waals surface area contributed by atoms with E-state index >= 15 is 0 Å². The Balaban J connectivity index is 2.55. The minimum atomic E-state index is 0.362. The van der Waals surface area contributed by atoms with Crippen molar-refractivity contribution in [3.8, 4) is 10.7 Å². The van der Waals surface area contributed by atoms with Crippen LogP contribution in [0, 0.1) is 3.57 Å². The van der Waals surface area contributed by atoms with Gasteiger partial charge in [0, 0.05) is 6.54 Å². The summed E-state index contributed by atoms with van der Waals surface area (Å²) in [6, 6.07) is 3.85. The van der Waals surface area contributed by atoms with E-state index in [9.17, 15) is 0 Å². The summed E-state index contributed by atoms with van der Waals surface area (Å²) in [5.41, 5.74) is 1.08. The Morgan fingerprint density at radius 2 is 2.11 bits per heavy atom. The van der Waals surface area contributed by atoms with Crippen LogP contribution in [0.3, 0.4) is 0 Å². The lowest BCUT2D eigenvalue weighted by molar-refractivity contribution is 0.809. The lowest BCUT2D eigenvalue weighted by Gasteiger charge is -2.13. The topological polar surface area (TPSA) is 37.8 Å². The predicted octanol–water partition coefficient (Wildman–Crippen LogP) is 5.02. The van der Waals surface area contributed by atoms with Gasteiger partial charge in [-0.3, -0.25) is 0 Å². The Bertz CT molecular complexity index is 583. The highest BCUT2D eigenvalue weighted by molar-refractivity contribution is 14.1. The van der Waals surface area contributed by atoms with Crippen LogP contribution >= 0.6 is 45.5 Å². The molecule has 0 unspecified atom stereocenters. The zero-order chi connectivity index (χ0) is 14.0. The van der Waals surface area contributed by atoms with E-state index in [1.807, 2.05) is 12.1 Å². The van der Waals surface area contributed by atoms with E-state index in [1.54, 1.807) is 0 Å². The third-order valence-corrected chi connectivity index (χ3v) is 4.85. The molecule has 0 aliphatic heterocycles. The number of nitrogens with zero attached hydrogens (tertiary/aromatic N) is 2. The molecule has 0 aliphatic carbocycles. The molecule has 0 saturated carbocycles. The van der Waals surface area contributed by atoms with Gasteiger partial charge in [-0.05, 0) is 47.6 Å². The first-order valence-corrected chi connectivity index (χ1v) is 8.37. The summed E-state index contributed by atoms with van der Waals surface area (Å²) >= 11 is 9.81. The van der Waals surface area contributed by atoms with Gasteiger partial charge < -0.3 is 5.32 Å². The van der Waals surface area contributed by atoms with Crippen LogP contribution in [0.1, 0.15) is 32.4 Å². The van der Waals surface area contributed by atoms with Gasteiger partial charge in [0.1, 0.15) is 5.82 Å². The molecule has 2 rings (SSSR count). The second-order valence-corrected chi connectivity index (χ2v) is 7.18. The third kappa shape index (κ3) is 3.38. The number of thiophene rings is 1. The van der Waals surface area contributed by atoms with Crippen LogP contribution in [0.2, 0.25) is 4.34 Å². The van der Waals surface area contributed by atoms with Gasteiger partial charge in [0.25, 0.3) is 0 Å². The van der Waals surface area contributed by atoms with Gasteiger partial charge in [0.05, 0.1) is 18.5 Å². The number of anilines is 1. The molecular formula is C13H15ClIN3S. The Labute approximate surface area is 136 Å². The van der Waals surface area contributed by atoms with Crippen LogP contribution in [0.5, 0.6) is 0 Å². The number of hydrogen-bond acceptors (Lipinski definition) is 4. The van der Waals surface area contributed by atoms with E-state index in [2.05, 4.69) is 53.7 Å². The van der Waals surface area contributed by atoms with Crippen LogP contribution < -0.4 is 5.32 Å². The van der Waals surface area contributed by atoms with Gasteiger partial charge in [-0.15, -0.1) is 11.3 Å². The van der Waals surface area contributed by atoms with E-state index in [0.29, 0.717) is 5.92 Å². The van der Waals surface area contributed by atoms with Crippen molar-refractivity contribution >= 4 is 51.3 Å². The summed E-state index contributed by atoms with van der Waals surface area (Å²) in [7, 11) is 0. The molecule has 0 saturated heterocycles. The van der Waals surface area contributed by atoms with Crippen molar-refractivity contribution in [3.63, 3.8) is 0 Å². The van der Waals surface area contributed by atoms with Gasteiger partial charge in [-0.25, -0.2) is 9.97 Å². The van der Waals surface area contributed by atoms with Crippen molar-refractivity contribution in [3.05, 3.63) is 25.7 Å². The van der Waals surface area contributed by atoms with Gasteiger partial charge in [0.2, 0.25) is 0 Å². The molecule has 3 nitrogen and oxygen atoms in total. The van der Waals surface area contributed by atoms with E-state index < -0.39 is 0 Å². The summed E-state index contributed by atoms with van der Waals surface area (Å²) in [5.74, 6) is 2.01. The average Bonchev–Trinajstić information content (AvgIpc) is 2.78. The summed E-state index contributed by atoms with van der Waals surface area (Å²) < 4.78 is 1.86. The SMILES string of the molecule is CCNc1nc(-c2ccc(Cl)s2)nc(C(C)C)c1I. The third-order valence-electron chi connectivity index (χ3n) is 2.56. The molecular weight excluding hydrogens is 393 g/mol. The second kappa shape index (κ2) is 6.37. The summed E-state index contributed by atoms with van der Waals surface area (Å²) in [5, 5.41) is 3.30. The fourth-order valence-corrected chi connectivity index (χ4v) is 3.71. The van der Waals surface area contributed by atoms with Crippen LogP contribution in [0.15, 0.2) is 12.1 Å². The molecule has 0 amide bonds. The first-order valence-electron chi connectivity index (χ1n) is 6.10. The highest BCUT2D eigenvalue weighted by atomic mass is 127. The van der Waals surface area contributed by atoms with Crippen LogP contribution in [-0.2, 0) is 0 Å². The Kier molecular flexibility index (Phi) is 5.03. The average molecular weight is 408 g/mol. The molecule has 0 bridgehead atoms. The lowest BCUT2D eigenvalue weighted by atomic mass is 10.1. The fraction of sp³-hybridized carbons (Fsp3) is 0.385. The van der Waals surface area contributed by atoms with Gasteiger partial charge in [0.15, 0.2) is 5.82 Å². The standard InChI is InChI=1S/C13H15ClIN3S/c1-4-16-13-10(15)11(7(2)3)17-12(18-13)8-5-6-9(14)19-8/h5-7H,4H2,1-3H3,(H,16,17,18). The van der Waals surface area contributed by atoms with Crippen molar-refractivity contribution < 1.29 is 0 Å². The van der Waals surface area contributed by atoms with Crippen molar-refractivity contribution in [2.75, 3.05) is 11.9 Å². The van der Waals surface area contributed by atoms with Gasteiger partial charge in [-0.2, -0.15) is 0 Å². The molecule has 0 spiro atoms. The normalized spacial score (nSPS) is 11.1. The van der Waals surface area contributed by atoms with Crippen LogP contribution in [-0.4, -0.2) is 16.5 Å². The smallest absolute Gasteiger partial charge is 0.171 e. The molecule has 2 aromatic heterocycles. The molecule has 0 atom stereocenters. The van der Waals surface area contributed by atoms with Crippen molar-refractivity contribution in [2.24, 2.45) is 0 Å². The molecule has 102 valence electrons. The van der Waals surface area contributed by atoms with Gasteiger partial charge >= 0.3 is 0 Å². The van der Waals surface area contributed by atoms with E-state index in [-0.39, 0.29) is 0 Å². The largest absolute Gasteiger partial charge is 0.369 e. The molecule has 19 heavy (non-hydrogen) atoms. The van der Waals surface area contributed by atoms with Crippen molar-refractivity contribution in [2.45, 2.75) is 26.7 Å². The molecule has 0 aromatic carbocycles. The monoisotopic (exact) mass is 407 g/mol.